The number of pyridine rings is 1. The third-order valence-electron chi connectivity index (χ3n) is 3.76. The standard InChI is InChI=1S/C16H19N5O/c1-2-5-14(17)15-10-21(20-19-15)9-11-8-18-16(22)13-7-4-3-6-12(11)13/h3-4,6-8,10,14H,2,5,9,17H2,1H3,(H,18,22). The first-order chi connectivity index (χ1) is 10.7. The Hall–Kier alpha value is -2.47. The first kappa shape index (κ1) is 14.5. The number of nitrogens with zero attached hydrogens (tertiary/aromatic N) is 3. The van der Waals surface area contributed by atoms with Gasteiger partial charge in [0.2, 0.25) is 0 Å². The smallest absolute Gasteiger partial charge is 0.255 e. The normalized spacial score (nSPS) is 12.6. The first-order valence-electron chi connectivity index (χ1n) is 7.44. The number of aromatic amines is 1. The van der Waals surface area contributed by atoms with Crippen LogP contribution in [-0.2, 0) is 6.54 Å². The van der Waals surface area contributed by atoms with E-state index in [0.717, 1.165) is 29.5 Å². The number of benzene rings is 1. The van der Waals surface area contributed by atoms with Crippen molar-refractivity contribution in [2.24, 2.45) is 5.73 Å². The SMILES string of the molecule is CCCC(N)c1cn(Cc2c[nH]c(=O)c3ccccc23)nn1. The van der Waals surface area contributed by atoms with Gasteiger partial charge in [0.25, 0.3) is 5.56 Å². The minimum absolute atomic E-state index is 0.0777. The fourth-order valence-electron chi connectivity index (χ4n) is 2.59. The second-order valence-electron chi connectivity index (χ2n) is 5.42. The summed E-state index contributed by atoms with van der Waals surface area (Å²) >= 11 is 0. The van der Waals surface area contributed by atoms with Gasteiger partial charge in [-0.05, 0) is 23.4 Å². The molecule has 6 heteroatoms. The Morgan fingerprint density at radius 3 is 2.86 bits per heavy atom. The second kappa shape index (κ2) is 6.11. The average molecular weight is 297 g/mol. The third-order valence-corrected chi connectivity index (χ3v) is 3.76. The zero-order valence-corrected chi connectivity index (χ0v) is 12.5. The maximum Gasteiger partial charge on any atom is 0.255 e. The van der Waals surface area contributed by atoms with Crippen molar-refractivity contribution in [2.75, 3.05) is 0 Å². The van der Waals surface area contributed by atoms with Crippen molar-refractivity contribution in [3.05, 3.63) is 58.3 Å². The van der Waals surface area contributed by atoms with Gasteiger partial charge < -0.3 is 10.7 Å². The molecular weight excluding hydrogens is 278 g/mol. The predicted molar refractivity (Wildman–Crippen MR) is 85.5 cm³/mol. The molecule has 0 radical (unpaired) electrons. The maximum atomic E-state index is 11.8. The molecule has 3 aromatic rings. The molecule has 3 rings (SSSR count). The van der Waals surface area contributed by atoms with Crippen LogP contribution in [0.2, 0.25) is 0 Å². The van der Waals surface area contributed by atoms with Gasteiger partial charge >= 0.3 is 0 Å². The molecule has 2 aromatic heterocycles. The molecule has 0 fully saturated rings. The van der Waals surface area contributed by atoms with Crippen molar-refractivity contribution in [2.45, 2.75) is 32.4 Å². The van der Waals surface area contributed by atoms with Gasteiger partial charge in [-0.2, -0.15) is 0 Å². The van der Waals surface area contributed by atoms with Crippen LogP contribution in [0.4, 0.5) is 0 Å². The number of fused-ring (bicyclic) bond motifs is 1. The van der Waals surface area contributed by atoms with E-state index >= 15 is 0 Å². The van der Waals surface area contributed by atoms with E-state index in [1.165, 1.54) is 0 Å². The van der Waals surface area contributed by atoms with Crippen molar-refractivity contribution >= 4 is 10.8 Å². The van der Waals surface area contributed by atoms with E-state index in [0.29, 0.717) is 11.9 Å². The van der Waals surface area contributed by atoms with Crippen molar-refractivity contribution < 1.29 is 0 Å². The first-order valence-corrected chi connectivity index (χ1v) is 7.44. The van der Waals surface area contributed by atoms with E-state index in [1.807, 2.05) is 30.5 Å². The Morgan fingerprint density at radius 2 is 2.09 bits per heavy atom. The van der Waals surface area contributed by atoms with Crippen molar-refractivity contribution in [3.63, 3.8) is 0 Å². The summed E-state index contributed by atoms with van der Waals surface area (Å²) in [6.07, 6.45) is 5.51. The molecule has 114 valence electrons. The predicted octanol–water partition coefficient (Wildman–Crippen LogP) is 1.97. The van der Waals surface area contributed by atoms with Crippen molar-refractivity contribution in [3.8, 4) is 0 Å². The lowest BCUT2D eigenvalue weighted by Gasteiger charge is -2.06. The number of H-pyrrole nitrogens is 1. The quantitative estimate of drug-likeness (QED) is 0.753. The number of hydrogen-bond acceptors (Lipinski definition) is 4. The molecule has 0 aliphatic carbocycles. The monoisotopic (exact) mass is 297 g/mol. The minimum Gasteiger partial charge on any atom is -0.328 e. The molecule has 6 nitrogen and oxygen atoms in total. The Labute approximate surface area is 128 Å². The topological polar surface area (TPSA) is 89.6 Å². The molecule has 1 unspecified atom stereocenters. The molecule has 1 aromatic carbocycles. The zero-order chi connectivity index (χ0) is 15.5. The summed E-state index contributed by atoms with van der Waals surface area (Å²) in [4.78, 5) is 14.6. The molecule has 22 heavy (non-hydrogen) atoms. The van der Waals surface area contributed by atoms with E-state index in [4.69, 9.17) is 5.73 Å². The minimum atomic E-state index is -0.0800. The summed E-state index contributed by atoms with van der Waals surface area (Å²) in [7, 11) is 0. The molecule has 0 bridgehead atoms. The van der Waals surface area contributed by atoms with Gasteiger partial charge in [-0.1, -0.05) is 36.8 Å². The Morgan fingerprint density at radius 1 is 1.32 bits per heavy atom. The number of rotatable bonds is 5. The third kappa shape index (κ3) is 2.78. The van der Waals surface area contributed by atoms with Crippen molar-refractivity contribution in [1.82, 2.24) is 20.0 Å². The summed E-state index contributed by atoms with van der Waals surface area (Å²) in [5.74, 6) is 0. The summed E-state index contributed by atoms with van der Waals surface area (Å²) in [5, 5.41) is 9.90. The number of hydrogen-bond donors (Lipinski definition) is 2. The van der Waals surface area contributed by atoms with Gasteiger partial charge in [0.1, 0.15) is 0 Å². The van der Waals surface area contributed by atoms with Crippen LogP contribution in [0.15, 0.2) is 41.5 Å². The van der Waals surface area contributed by atoms with Crippen LogP contribution in [0.1, 0.15) is 37.1 Å². The molecule has 0 aliphatic rings. The fraction of sp³-hybridized carbons (Fsp3) is 0.312. The van der Waals surface area contributed by atoms with E-state index in [2.05, 4.69) is 22.2 Å². The highest BCUT2D eigenvalue weighted by atomic mass is 16.1. The number of nitrogens with one attached hydrogen (secondary N) is 1. The molecule has 0 aliphatic heterocycles. The van der Waals surface area contributed by atoms with Crippen LogP contribution in [0.3, 0.4) is 0 Å². The van der Waals surface area contributed by atoms with Crippen LogP contribution in [0.5, 0.6) is 0 Å². The van der Waals surface area contributed by atoms with E-state index in [9.17, 15) is 4.79 Å². The molecule has 0 amide bonds. The van der Waals surface area contributed by atoms with Gasteiger partial charge in [0, 0.05) is 11.6 Å². The lowest BCUT2D eigenvalue weighted by molar-refractivity contribution is 0.617. The average Bonchev–Trinajstić information content (AvgIpc) is 2.99. The highest BCUT2D eigenvalue weighted by molar-refractivity contribution is 5.84. The summed E-state index contributed by atoms with van der Waals surface area (Å²) in [6.45, 7) is 2.64. The number of nitrogens with two attached hydrogens (primary N) is 1. The fourth-order valence-corrected chi connectivity index (χ4v) is 2.59. The van der Waals surface area contributed by atoms with Gasteiger partial charge in [0.05, 0.1) is 24.5 Å². The van der Waals surface area contributed by atoms with Crippen LogP contribution in [0.25, 0.3) is 10.8 Å². The summed E-state index contributed by atoms with van der Waals surface area (Å²) < 4.78 is 1.75. The Kier molecular flexibility index (Phi) is 4.02. The van der Waals surface area contributed by atoms with Crippen LogP contribution in [0, 0.1) is 0 Å². The Bertz CT molecular complexity index is 836. The van der Waals surface area contributed by atoms with Crippen LogP contribution >= 0.6 is 0 Å². The largest absolute Gasteiger partial charge is 0.328 e. The molecular formula is C16H19N5O. The molecule has 0 saturated carbocycles. The van der Waals surface area contributed by atoms with Gasteiger partial charge in [0.15, 0.2) is 0 Å². The lowest BCUT2D eigenvalue weighted by atomic mass is 10.1. The van der Waals surface area contributed by atoms with Gasteiger partial charge in [-0.25, -0.2) is 4.68 Å². The number of aromatic nitrogens is 4. The maximum absolute atomic E-state index is 11.8. The summed E-state index contributed by atoms with van der Waals surface area (Å²) in [5.41, 5.74) is 7.78. The second-order valence-corrected chi connectivity index (χ2v) is 5.42. The zero-order valence-electron chi connectivity index (χ0n) is 12.5. The molecule has 1 atom stereocenters. The van der Waals surface area contributed by atoms with Gasteiger partial charge in [-0.3, -0.25) is 4.79 Å². The van der Waals surface area contributed by atoms with E-state index in [1.54, 1.807) is 10.9 Å². The van der Waals surface area contributed by atoms with E-state index < -0.39 is 0 Å². The highest BCUT2D eigenvalue weighted by Gasteiger charge is 2.11. The summed E-state index contributed by atoms with van der Waals surface area (Å²) in [6, 6.07) is 7.47. The molecule has 3 N–H and O–H groups in total. The van der Waals surface area contributed by atoms with Crippen LogP contribution in [-0.4, -0.2) is 20.0 Å². The highest BCUT2D eigenvalue weighted by Crippen LogP contribution is 2.16. The van der Waals surface area contributed by atoms with E-state index in [-0.39, 0.29) is 11.6 Å². The Balaban J connectivity index is 1.91. The molecule has 0 saturated heterocycles. The molecule has 0 spiro atoms. The lowest BCUT2D eigenvalue weighted by Crippen LogP contribution is -2.10. The van der Waals surface area contributed by atoms with Crippen molar-refractivity contribution in [1.29, 1.82) is 0 Å². The van der Waals surface area contributed by atoms with Gasteiger partial charge in [-0.15, -0.1) is 5.10 Å². The molecule has 2 heterocycles. The van der Waals surface area contributed by atoms with Crippen LogP contribution < -0.4 is 11.3 Å².